The largest absolute Gasteiger partial charge is 0.369 e. The molecule has 0 unspecified atom stereocenters. The van der Waals surface area contributed by atoms with E-state index in [1.165, 1.54) is 0 Å². The molecule has 1 atom stereocenters. The Bertz CT molecular complexity index is 728. The lowest BCUT2D eigenvalue weighted by Gasteiger charge is -2.14. The third-order valence-corrected chi connectivity index (χ3v) is 3.99. The molecule has 0 radical (unpaired) electrons. The Labute approximate surface area is 132 Å². The molecule has 7 heteroatoms. The summed E-state index contributed by atoms with van der Waals surface area (Å²) in [6.07, 6.45) is 2.32. The molecule has 114 valence electrons. The summed E-state index contributed by atoms with van der Waals surface area (Å²) in [5.41, 5.74) is 6.40. The van der Waals surface area contributed by atoms with Crippen molar-refractivity contribution in [2.45, 2.75) is 6.42 Å². The van der Waals surface area contributed by atoms with Gasteiger partial charge < -0.3 is 10.6 Å². The third kappa shape index (κ3) is 2.82. The maximum atomic E-state index is 12.4. The third-order valence-electron chi connectivity index (χ3n) is 3.76. The second-order valence-electron chi connectivity index (χ2n) is 5.26. The van der Waals surface area contributed by atoms with Gasteiger partial charge >= 0.3 is 0 Å². The van der Waals surface area contributed by atoms with Crippen LogP contribution in [0.3, 0.4) is 0 Å². The number of hydrogen-bond acceptors (Lipinski definition) is 3. The van der Waals surface area contributed by atoms with Gasteiger partial charge in [-0.1, -0.05) is 17.7 Å². The highest BCUT2D eigenvalue weighted by molar-refractivity contribution is 6.30. The van der Waals surface area contributed by atoms with Crippen molar-refractivity contribution in [2.75, 3.05) is 13.1 Å². The topological polar surface area (TPSA) is 81.2 Å². The highest BCUT2D eigenvalue weighted by atomic mass is 35.5. The molecule has 0 bridgehead atoms. The van der Waals surface area contributed by atoms with Crippen LogP contribution in [-0.2, 0) is 4.79 Å². The number of benzene rings is 1. The van der Waals surface area contributed by atoms with E-state index in [1.807, 2.05) is 12.1 Å². The predicted molar refractivity (Wildman–Crippen MR) is 81.8 cm³/mol. The fourth-order valence-corrected chi connectivity index (χ4v) is 2.72. The van der Waals surface area contributed by atoms with Gasteiger partial charge in [-0.25, -0.2) is 4.68 Å². The Morgan fingerprint density at radius 1 is 1.32 bits per heavy atom. The first kappa shape index (κ1) is 14.6. The minimum absolute atomic E-state index is 0.190. The van der Waals surface area contributed by atoms with Crippen molar-refractivity contribution < 1.29 is 9.59 Å². The summed E-state index contributed by atoms with van der Waals surface area (Å²) < 4.78 is 1.60. The second kappa shape index (κ2) is 5.81. The molecule has 3 rings (SSSR count). The minimum atomic E-state index is -0.361. The van der Waals surface area contributed by atoms with Crippen LogP contribution in [-0.4, -0.2) is 39.6 Å². The molecule has 0 spiro atoms. The fraction of sp³-hybridized carbons (Fsp3) is 0.267. The molecule has 1 aliphatic rings. The Kier molecular flexibility index (Phi) is 3.85. The number of rotatable bonds is 3. The van der Waals surface area contributed by atoms with Crippen LogP contribution in [0.25, 0.3) is 5.69 Å². The van der Waals surface area contributed by atoms with Crippen LogP contribution in [0.1, 0.15) is 16.9 Å². The molecule has 1 aromatic carbocycles. The first-order valence-corrected chi connectivity index (χ1v) is 7.32. The molecular weight excluding hydrogens is 304 g/mol. The van der Waals surface area contributed by atoms with Gasteiger partial charge in [-0.3, -0.25) is 9.59 Å². The lowest BCUT2D eigenvalue weighted by atomic mass is 10.1. The van der Waals surface area contributed by atoms with E-state index in [1.54, 1.807) is 34.0 Å². The number of carbonyl (C=O) groups is 2. The Hall–Kier alpha value is -2.34. The van der Waals surface area contributed by atoms with Gasteiger partial charge in [0.25, 0.3) is 5.91 Å². The van der Waals surface area contributed by atoms with E-state index in [4.69, 9.17) is 17.3 Å². The zero-order valence-electron chi connectivity index (χ0n) is 11.8. The molecule has 1 saturated heterocycles. The average Bonchev–Trinajstić information content (AvgIpc) is 3.16. The van der Waals surface area contributed by atoms with Crippen LogP contribution >= 0.6 is 11.6 Å². The summed E-state index contributed by atoms with van der Waals surface area (Å²) in [7, 11) is 0. The summed E-state index contributed by atoms with van der Waals surface area (Å²) in [5.74, 6) is -0.816. The van der Waals surface area contributed by atoms with Gasteiger partial charge in [0.1, 0.15) is 0 Å². The molecule has 2 heterocycles. The van der Waals surface area contributed by atoms with E-state index >= 15 is 0 Å². The molecule has 1 aliphatic heterocycles. The van der Waals surface area contributed by atoms with E-state index in [9.17, 15) is 9.59 Å². The summed E-state index contributed by atoms with van der Waals surface area (Å²) in [6, 6.07) is 8.86. The van der Waals surface area contributed by atoms with Crippen LogP contribution < -0.4 is 5.73 Å². The van der Waals surface area contributed by atoms with Crippen molar-refractivity contribution in [3.63, 3.8) is 0 Å². The predicted octanol–water partition coefficient (Wildman–Crippen LogP) is 1.47. The number of halogens is 1. The van der Waals surface area contributed by atoms with Crippen LogP contribution in [0.15, 0.2) is 36.5 Å². The molecule has 2 aromatic rings. The Morgan fingerprint density at radius 2 is 2.14 bits per heavy atom. The number of nitrogens with zero attached hydrogens (tertiary/aromatic N) is 3. The quantitative estimate of drug-likeness (QED) is 0.930. The molecule has 22 heavy (non-hydrogen) atoms. The van der Waals surface area contributed by atoms with Crippen molar-refractivity contribution in [3.8, 4) is 5.69 Å². The zero-order chi connectivity index (χ0) is 15.7. The van der Waals surface area contributed by atoms with Crippen molar-refractivity contribution in [1.82, 2.24) is 14.7 Å². The maximum absolute atomic E-state index is 12.4. The van der Waals surface area contributed by atoms with Gasteiger partial charge in [0.15, 0.2) is 5.69 Å². The molecule has 0 saturated carbocycles. The van der Waals surface area contributed by atoms with E-state index in [2.05, 4.69) is 5.10 Å². The van der Waals surface area contributed by atoms with Crippen LogP contribution in [0, 0.1) is 5.92 Å². The number of nitrogens with two attached hydrogens (primary N) is 1. The van der Waals surface area contributed by atoms with E-state index < -0.39 is 0 Å². The normalized spacial score (nSPS) is 17.7. The minimum Gasteiger partial charge on any atom is -0.369 e. The van der Waals surface area contributed by atoms with Gasteiger partial charge in [0.05, 0.1) is 11.6 Å². The molecule has 6 nitrogen and oxygen atoms in total. The standard InChI is InChI=1S/C15H15ClN4O2/c16-11-2-1-3-12(8-11)20-7-5-13(18-20)15(22)19-6-4-10(9-19)14(17)21/h1-3,5,7-8,10H,4,6,9H2,(H2,17,21)/t10-/m1/s1. The number of primary amides is 1. The second-order valence-corrected chi connectivity index (χ2v) is 5.70. The molecule has 2 amide bonds. The van der Waals surface area contributed by atoms with Gasteiger partial charge in [0.2, 0.25) is 5.91 Å². The number of likely N-dealkylation sites (tertiary alicyclic amines) is 1. The van der Waals surface area contributed by atoms with Crippen molar-refractivity contribution >= 4 is 23.4 Å². The molecule has 1 aromatic heterocycles. The van der Waals surface area contributed by atoms with E-state index in [0.717, 1.165) is 5.69 Å². The van der Waals surface area contributed by atoms with Gasteiger partial charge in [-0.05, 0) is 30.7 Å². The highest BCUT2D eigenvalue weighted by Crippen LogP contribution is 2.19. The number of hydrogen-bond donors (Lipinski definition) is 1. The Balaban J connectivity index is 1.77. The molecule has 1 fully saturated rings. The summed E-state index contributed by atoms with van der Waals surface area (Å²) in [5, 5.41) is 4.89. The summed E-state index contributed by atoms with van der Waals surface area (Å²) >= 11 is 5.95. The van der Waals surface area contributed by atoms with Crippen LogP contribution in [0.4, 0.5) is 0 Å². The average molecular weight is 319 g/mol. The highest BCUT2D eigenvalue weighted by Gasteiger charge is 2.31. The van der Waals surface area contributed by atoms with Crippen molar-refractivity contribution in [1.29, 1.82) is 0 Å². The van der Waals surface area contributed by atoms with E-state index in [-0.39, 0.29) is 17.7 Å². The zero-order valence-corrected chi connectivity index (χ0v) is 12.5. The first-order valence-electron chi connectivity index (χ1n) is 6.95. The van der Waals surface area contributed by atoms with E-state index in [0.29, 0.717) is 30.2 Å². The number of amides is 2. The van der Waals surface area contributed by atoms with Crippen LogP contribution in [0.2, 0.25) is 5.02 Å². The molecule has 2 N–H and O–H groups in total. The monoisotopic (exact) mass is 318 g/mol. The van der Waals surface area contributed by atoms with Crippen molar-refractivity contribution in [2.24, 2.45) is 11.7 Å². The number of carbonyl (C=O) groups excluding carboxylic acids is 2. The molecular formula is C15H15ClN4O2. The first-order chi connectivity index (χ1) is 10.5. The lowest BCUT2D eigenvalue weighted by molar-refractivity contribution is -0.121. The van der Waals surface area contributed by atoms with Gasteiger partial charge in [-0.15, -0.1) is 0 Å². The summed E-state index contributed by atoms with van der Waals surface area (Å²) in [6.45, 7) is 0.884. The lowest BCUT2D eigenvalue weighted by Crippen LogP contribution is -2.32. The fourth-order valence-electron chi connectivity index (χ4n) is 2.54. The SMILES string of the molecule is NC(=O)[C@@H]1CCN(C(=O)c2ccn(-c3cccc(Cl)c3)n2)C1. The van der Waals surface area contributed by atoms with Gasteiger partial charge in [0, 0.05) is 24.3 Å². The van der Waals surface area contributed by atoms with Crippen LogP contribution in [0.5, 0.6) is 0 Å². The number of aromatic nitrogens is 2. The smallest absolute Gasteiger partial charge is 0.274 e. The summed E-state index contributed by atoms with van der Waals surface area (Å²) in [4.78, 5) is 25.2. The molecule has 0 aliphatic carbocycles. The van der Waals surface area contributed by atoms with Gasteiger partial charge in [-0.2, -0.15) is 5.10 Å². The maximum Gasteiger partial charge on any atom is 0.274 e. The Morgan fingerprint density at radius 3 is 2.82 bits per heavy atom. The van der Waals surface area contributed by atoms with Crippen molar-refractivity contribution in [3.05, 3.63) is 47.2 Å².